The normalized spacial score (nSPS) is 23.8. The lowest BCUT2D eigenvalue weighted by Crippen LogP contribution is -2.50. The summed E-state index contributed by atoms with van der Waals surface area (Å²) in [5.74, 6) is -0.561. The molecule has 2 unspecified atom stereocenters. The van der Waals surface area contributed by atoms with E-state index in [2.05, 4.69) is 11.4 Å². The van der Waals surface area contributed by atoms with E-state index < -0.39 is 5.41 Å². The average Bonchev–Trinajstić information content (AvgIpc) is 2.74. The predicted octanol–water partition coefficient (Wildman–Crippen LogP) is 4.21. The first-order valence-corrected chi connectivity index (χ1v) is 9.66. The smallest absolute Gasteiger partial charge is 0.319 e. The molecular formula is C24H23NO3. The van der Waals surface area contributed by atoms with Crippen LogP contribution in [0.3, 0.4) is 0 Å². The summed E-state index contributed by atoms with van der Waals surface area (Å²) in [4.78, 5) is 25.4. The fourth-order valence-electron chi connectivity index (χ4n) is 4.23. The minimum Gasteiger partial charge on any atom is -0.465 e. The first-order chi connectivity index (χ1) is 13.6. The fraction of sp³-hybridized carbons (Fsp3) is 0.250. The Morgan fingerprint density at radius 1 is 1.11 bits per heavy atom. The van der Waals surface area contributed by atoms with Crippen LogP contribution in [0.4, 0.5) is 0 Å². The van der Waals surface area contributed by atoms with E-state index in [1.807, 2.05) is 73.7 Å². The van der Waals surface area contributed by atoms with Crippen molar-refractivity contribution < 1.29 is 14.3 Å². The Morgan fingerprint density at radius 2 is 1.79 bits per heavy atom. The molecule has 1 aliphatic heterocycles. The van der Waals surface area contributed by atoms with Crippen molar-refractivity contribution in [3.05, 3.63) is 89.6 Å². The Hall–Kier alpha value is -3.14. The molecule has 4 nitrogen and oxygen atoms in total. The number of carbonyl (C=O) groups excluding carboxylic acids is 2. The average molecular weight is 373 g/mol. The Labute approximate surface area is 164 Å². The largest absolute Gasteiger partial charge is 0.465 e. The minimum absolute atomic E-state index is 0.0627. The highest BCUT2D eigenvalue weighted by Gasteiger charge is 2.54. The van der Waals surface area contributed by atoms with Crippen molar-refractivity contribution in [1.29, 1.82) is 0 Å². The van der Waals surface area contributed by atoms with Gasteiger partial charge in [0.15, 0.2) is 0 Å². The molecule has 0 radical (unpaired) electrons. The summed E-state index contributed by atoms with van der Waals surface area (Å²) >= 11 is 0. The maximum atomic E-state index is 13.2. The van der Waals surface area contributed by atoms with Crippen molar-refractivity contribution in [3.63, 3.8) is 0 Å². The number of allylic oxidation sites excluding steroid dienone is 3. The van der Waals surface area contributed by atoms with Gasteiger partial charge in [-0.25, -0.2) is 0 Å². The lowest BCUT2D eigenvalue weighted by molar-refractivity contribution is -0.156. The van der Waals surface area contributed by atoms with Crippen LogP contribution in [0.1, 0.15) is 36.8 Å². The number of piperidine rings is 1. The lowest BCUT2D eigenvalue weighted by Gasteiger charge is -2.44. The van der Waals surface area contributed by atoms with E-state index in [1.165, 1.54) is 0 Å². The minimum atomic E-state index is -0.913. The monoisotopic (exact) mass is 373 g/mol. The second-order valence-corrected chi connectivity index (χ2v) is 7.17. The van der Waals surface area contributed by atoms with E-state index in [4.69, 9.17) is 4.74 Å². The third-order valence-corrected chi connectivity index (χ3v) is 5.58. The molecule has 1 heterocycles. The number of amides is 1. The van der Waals surface area contributed by atoms with Crippen molar-refractivity contribution in [2.24, 2.45) is 5.41 Å². The van der Waals surface area contributed by atoms with Crippen LogP contribution in [0, 0.1) is 5.41 Å². The van der Waals surface area contributed by atoms with E-state index in [1.54, 1.807) is 0 Å². The molecule has 1 N–H and O–H groups in total. The van der Waals surface area contributed by atoms with E-state index in [0.717, 1.165) is 16.7 Å². The van der Waals surface area contributed by atoms with E-state index in [9.17, 15) is 9.59 Å². The fourth-order valence-corrected chi connectivity index (χ4v) is 4.23. The number of fused-ring (bicyclic) bond motifs is 1. The predicted molar refractivity (Wildman–Crippen MR) is 108 cm³/mol. The van der Waals surface area contributed by atoms with Crippen molar-refractivity contribution in [1.82, 2.24) is 5.32 Å². The van der Waals surface area contributed by atoms with Crippen molar-refractivity contribution in [3.8, 4) is 0 Å². The summed E-state index contributed by atoms with van der Waals surface area (Å²) in [7, 11) is 0. The van der Waals surface area contributed by atoms with Gasteiger partial charge in [-0.2, -0.15) is 0 Å². The van der Waals surface area contributed by atoms with Crippen molar-refractivity contribution >= 4 is 17.4 Å². The summed E-state index contributed by atoms with van der Waals surface area (Å²) in [6, 6.07) is 20.0. The Kier molecular flexibility index (Phi) is 4.86. The third kappa shape index (κ3) is 3.05. The molecule has 2 atom stereocenters. The zero-order valence-electron chi connectivity index (χ0n) is 15.9. The lowest BCUT2D eigenvalue weighted by atomic mass is 9.62. The maximum Gasteiger partial charge on any atom is 0.319 e. The molecule has 4 heteroatoms. The second-order valence-electron chi connectivity index (χ2n) is 7.17. The van der Waals surface area contributed by atoms with Crippen LogP contribution < -0.4 is 5.32 Å². The Bertz CT molecular complexity index is 946. The van der Waals surface area contributed by atoms with Crippen LogP contribution in [0.25, 0.3) is 5.57 Å². The van der Waals surface area contributed by atoms with Gasteiger partial charge in [0.05, 0.1) is 6.61 Å². The molecule has 1 amide bonds. The number of rotatable bonds is 4. The molecule has 1 aliphatic carbocycles. The zero-order valence-corrected chi connectivity index (χ0v) is 15.9. The van der Waals surface area contributed by atoms with Crippen molar-refractivity contribution in [2.75, 3.05) is 6.61 Å². The van der Waals surface area contributed by atoms with Gasteiger partial charge in [0, 0.05) is 18.0 Å². The van der Waals surface area contributed by atoms with E-state index in [0.29, 0.717) is 25.1 Å². The number of hydrogen-bond donors (Lipinski definition) is 1. The standard InChI is InChI=1S/C24H23NO3/c1-2-28-23(27)24-14-13-22(26)25-21(24)16-19(17-9-5-3-6-10-17)15-20(24)18-11-7-4-8-12-18/h3-12,15-16,20H,2,13-14H2,1H3,(H,25,26). The van der Waals surface area contributed by atoms with Gasteiger partial charge < -0.3 is 10.1 Å². The van der Waals surface area contributed by atoms with Gasteiger partial charge in [-0.1, -0.05) is 66.7 Å². The molecule has 1 fully saturated rings. The molecule has 2 aliphatic rings. The molecule has 28 heavy (non-hydrogen) atoms. The van der Waals surface area contributed by atoms with Crippen LogP contribution in [0.5, 0.6) is 0 Å². The second kappa shape index (κ2) is 7.47. The first-order valence-electron chi connectivity index (χ1n) is 9.66. The van der Waals surface area contributed by atoms with E-state index in [-0.39, 0.29) is 17.8 Å². The highest BCUT2D eigenvalue weighted by atomic mass is 16.5. The zero-order chi connectivity index (χ0) is 19.6. The van der Waals surface area contributed by atoms with Crippen LogP contribution in [-0.2, 0) is 14.3 Å². The summed E-state index contributed by atoms with van der Waals surface area (Å²) in [5, 5.41) is 2.98. The van der Waals surface area contributed by atoms with Gasteiger partial charge >= 0.3 is 5.97 Å². The van der Waals surface area contributed by atoms with Crippen LogP contribution in [0.15, 0.2) is 78.5 Å². The number of esters is 1. The van der Waals surface area contributed by atoms with Crippen molar-refractivity contribution in [2.45, 2.75) is 25.7 Å². The number of nitrogens with one attached hydrogen (secondary N) is 1. The number of benzene rings is 2. The van der Waals surface area contributed by atoms with Crippen LogP contribution in [0.2, 0.25) is 0 Å². The van der Waals surface area contributed by atoms with E-state index >= 15 is 0 Å². The Balaban J connectivity index is 1.91. The number of hydrogen-bond acceptors (Lipinski definition) is 3. The topological polar surface area (TPSA) is 55.4 Å². The maximum absolute atomic E-state index is 13.2. The molecule has 142 valence electrons. The molecule has 0 spiro atoms. The molecule has 0 bridgehead atoms. The molecule has 2 aromatic carbocycles. The molecular weight excluding hydrogens is 350 g/mol. The SMILES string of the molecule is CCOC(=O)C12CCC(=O)NC1=CC(c1ccccc1)=CC2c1ccccc1. The van der Waals surface area contributed by atoms with Gasteiger partial charge in [-0.15, -0.1) is 0 Å². The van der Waals surface area contributed by atoms with Crippen LogP contribution in [-0.4, -0.2) is 18.5 Å². The van der Waals surface area contributed by atoms with Crippen LogP contribution >= 0.6 is 0 Å². The molecule has 2 aromatic rings. The van der Waals surface area contributed by atoms with Gasteiger partial charge in [0.1, 0.15) is 5.41 Å². The summed E-state index contributed by atoms with van der Waals surface area (Å²) in [5.41, 5.74) is 2.80. The summed E-state index contributed by atoms with van der Waals surface area (Å²) in [6.45, 7) is 2.11. The molecule has 1 saturated heterocycles. The highest BCUT2D eigenvalue weighted by molar-refractivity contribution is 5.93. The number of ether oxygens (including phenoxy) is 1. The first kappa shape index (κ1) is 18.2. The highest BCUT2D eigenvalue weighted by Crippen LogP contribution is 2.52. The summed E-state index contributed by atoms with van der Waals surface area (Å²) in [6.07, 6.45) is 4.81. The quantitative estimate of drug-likeness (QED) is 0.817. The van der Waals surface area contributed by atoms with Gasteiger partial charge in [-0.3, -0.25) is 9.59 Å². The number of carbonyl (C=O) groups is 2. The van der Waals surface area contributed by atoms with Gasteiger partial charge in [0.2, 0.25) is 5.91 Å². The molecule has 4 rings (SSSR count). The Morgan fingerprint density at radius 3 is 2.46 bits per heavy atom. The molecule has 0 saturated carbocycles. The molecule has 0 aromatic heterocycles. The third-order valence-electron chi connectivity index (χ3n) is 5.58. The van der Waals surface area contributed by atoms with Gasteiger partial charge in [-0.05, 0) is 36.1 Å². The van der Waals surface area contributed by atoms with Gasteiger partial charge in [0.25, 0.3) is 0 Å². The summed E-state index contributed by atoms with van der Waals surface area (Å²) < 4.78 is 5.51.